The van der Waals surface area contributed by atoms with E-state index in [0.29, 0.717) is 12.2 Å². The molecule has 1 aliphatic heterocycles. The van der Waals surface area contributed by atoms with E-state index in [9.17, 15) is 0 Å². The Labute approximate surface area is 48.8 Å². The number of aliphatic hydroxyl groups is 1. The minimum atomic E-state index is -0.426. The summed E-state index contributed by atoms with van der Waals surface area (Å²) in [4.78, 5) is 0. The van der Waals surface area contributed by atoms with E-state index in [0.717, 1.165) is 0 Å². The smallest absolute Gasteiger partial charge is 0.118 e. The zero-order chi connectivity index (χ0) is 6.15. The van der Waals surface area contributed by atoms with Crippen molar-refractivity contribution in [1.29, 1.82) is 0 Å². The molecule has 0 aromatic rings. The summed E-state index contributed by atoms with van der Waals surface area (Å²) in [5, 5.41) is 8.94. The van der Waals surface area contributed by atoms with E-state index in [1.807, 2.05) is 6.92 Å². The lowest BCUT2D eigenvalue weighted by Gasteiger charge is -1.99. The summed E-state index contributed by atoms with van der Waals surface area (Å²) in [6, 6.07) is 0. The quantitative estimate of drug-likeness (QED) is 0.501. The topological polar surface area (TPSA) is 29.5 Å². The van der Waals surface area contributed by atoms with Crippen molar-refractivity contribution in [3.05, 3.63) is 12.3 Å². The van der Waals surface area contributed by atoms with Crippen molar-refractivity contribution in [2.75, 3.05) is 0 Å². The predicted molar refractivity (Wildman–Crippen MR) is 30.3 cm³/mol. The molecule has 8 heavy (non-hydrogen) atoms. The van der Waals surface area contributed by atoms with Gasteiger partial charge in [0.2, 0.25) is 0 Å². The molecule has 2 atom stereocenters. The van der Waals surface area contributed by atoms with Gasteiger partial charge in [-0.2, -0.15) is 0 Å². The second kappa shape index (κ2) is 1.78. The average Bonchev–Trinajstić information content (AvgIpc) is 1.85. The molecule has 1 heterocycles. The Morgan fingerprint density at radius 2 is 2.50 bits per heavy atom. The van der Waals surface area contributed by atoms with Crippen LogP contribution in [0.5, 0.6) is 0 Å². The van der Waals surface area contributed by atoms with Crippen molar-refractivity contribution in [3.8, 4) is 0 Å². The van der Waals surface area contributed by atoms with Crippen LogP contribution in [0, 0.1) is 0 Å². The van der Waals surface area contributed by atoms with Crippen LogP contribution in [-0.4, -0.2) is 17.3 Å². The molecule has 46 valence electrons. The Bertz CT molecular complexity index is 109. The molecule has 0 amide bonds. The maximum absolute atomic E-state index is 8.94. The van der Waals surface area contributed by atoms with Crippen LogP contribution in [0.4, 0.5) is 0 Å². The third-order valence-corrected chi connectivity index (χ3v) is 1.28. The molecule has 0 bridgehead atoms. The lowest BCUT2D eigenvalue weighted by molar-refractivity contribution is 0.167. The van der Waals surface area contributed by atoms with E-state index in [2.05, 4.69) is 6.58 Å². The van der Waals surface area contributed by atoms with E-state index in [1.54, 1.807) is 0 Å². The Morgan fingerprint density at radius 3 is 2.62 bits per heavy atom. The van der Waals surface area contributed by atoms with E-state index in [-0.39, 0.29) is 6.10 Å². The maximum atomic E-state index is 8.94. The van der Waals surface area contributed by atoms with Crippen molar-refractivity contribution in [2.45, 2.75) is 25.6 Å². The van der Waals surface area contributed by atoms with E-state index in [1.165, 1.54) is 0 Å². The van der Waals surface area contributed by atoms with Gasteiger partial charge in [0.15, 0.2) is 0 Å². The first-order chi connectivity index (χ1) is 3.70. The molecule has 1 rings (SSSR count). The first-order valence-electron chi connectivity index (χ1n) is 2.73. The van der Waals surface area contributed by atoms with Crippen LogP contribution >= 0.6 is 0 Å². The molecule has 0 spiro atoms. The fraction of sp³-hybridized carbons (Fsp3) is 0.667. The lowest BCUT2D eigenvalue weighted by Crippen LogP contribution is -2.01. The zero-order valence-electron chi connectivity index (χ0n) is 4.92. The van der Waals surface area contributed by atoms with E-state index < -0.39 is 6.10 Å². The summed E-state index contributed by atoms with van der Waals surface area (Å²) < 4.78 is 5.03. The molecule has 2 heteroatoms. The van der Waals surface area contributed by atoms with Crippen LogP contribution < -0.4 is 0 Å². The normalized spacial score (nSPS) is 37.5. The summed E-state index contributed by atoms with van der Waals surface area (Å²) >= 11 is 0. The van der Waals surface area contributed by atoms with Gasteiger partial charge in [-0.25, -0.2) is 0 Å². The van der Waals surface area contributed by atoms with Crippen LogP contribution in [0.2, 0.25) is 0 Å². The van der Waals surface area contributed by atoms with Gasteiger partial charge in [-0.05, 0) is 6.92 Å². The third kappa shape index (κ3) is 0.842. The first kappa shape index (κ1) is 5.63. The van der Waals surface area contributed by atoms with Gasteiger partial charge in [-0.15, -0.1) is 0 Å². The molecule has 2 nitrogen and oxygen atoms in total. The summed E-state index contributed by atoms with van der Waals surface area (Å²) in [7, 11) is 0. The number of hydrogen-bond acceptors (Lipinski definition) is 2. The van der Waals surface area contributed by atoms with Crippen molar-refractivity contribution < 1.29 is 9.84 Å². The first-order valence-corrected chi connectivity index (χ1v) is 2.73. The Balaban J connectivity index is 2.51. The molecular formula is C6H10O2. The minimum Gasteiger partial charge on any atom is -0.493 e. The third-order valence-electron chi connectivity index (χ3n) is 1.28. The van der Waals surface area contributed by atoms with Gasteiger partial charge in [0, 0.05) is 6.42 Å². The fourth-order valence-electron chi connectivity index (χ4n) is 0.831. The Morgan fingerprint density at radius 1 is 1.88 bits per heavy atom. The molecule has 0 unspecified atom stereocenters. The number of aliphatic hydroxyl groups excluding tert-OH is 1. The summed E-state index contributed by atoms with van der Waals surface area (Å²) in [6.45, 7) is 5.43. The van der Waals surface area contributed by atoms with Gasteiger partial charge in [0.1, 0.15) is 11.9 Å². The second-order valence-electron chi connectivity index (χ2n) is 2.15. The fourth-order valence-corrected chi connectivity index (χ4v) is 0.831. The molecule has 0 radical (unpaired) electrons. The van der Waals surface area contributed by atoms with Crippen LogP contribution in [0.3, 0.4) is 0 Å². The van der Waals surface area contributed by atoms with Crippen LogP contribution in [0.25, 0.3) is 0 Å². The molecular weight excluding hydrogens is 104 g/mol. The molecule has 0 saturated carbocycles. The second-order valence-corrected chi connectivity index (χ2v) is 2.15. The van der Waals surface area contributed by atoms with Gasteiger partial charge < -0.3 is 9.84 Å². The van der Waals surface area contributed by atoms with Crippen molar-refractivity contribution >= 4 is 0 Å². The molecule has 0 aromatic heterocycles. The van der Waals surface area contributed by atoms with Gasteiger partial charge in [0.25, 0.3) is 0 Å². The van der Waals surface area contributed by atoms with Crippen LogP contribution in [-0.2, 0) is 4.74 Å². The molecule has 1 fully saturated rings. The van der Waals surface area contributed by atoms with Gasteiger partial charge in [-0.3, -0.25) is 0 Å². The van der Waals surface area contributed by atoms with E-state index in [4.69, 9.17) is 9.84 Å². The lowest BCUT2D eigenvalue weighted by atomic mass is 10.2. The Kier molecular flexibility index (Phi) is 1.26. The minimum absolute atomic E-state index is 0.150. The van der Waals surface area contributed by atoms with Crippen LogP contribution in [0.15, 0.2) is 12.3 Å². The van der Waals surface area contributed by atoms with Gasteiger partial charge >= 0.3 is 0 Å². The van der Waals surface area contributed by atoms with Crippen molar-refractivity contribution in [2.24, 2.45) is 0 Å². The number of ether oxygens (including phenoxy) is 1. The summed E-state index contributed by atoms with van der Waals surface area (Å²) in [5.41, 5.74) is 0. The number of hydrogen-bond donors (Lipinski definition) is 1. The summed E-state index contributed by atoms with van der Waals surface area (Å²) in [6.07, 6.45) is 0.418. The Hall–Kier alpha value is -0.500. The highest BCUT2D eigenvalue weighted by atomic mass is 16.5. The molecule has 1 saturated heterocycles. The van der Waals surface area contributed by atoms with E-state index >= 15 is 0 Å². The SMILES string of the molecule is C=C1O[C@H](C)C[C@H]1O. The molecule has 0 aliphatic carbocycles. The van der Waals surface area contributed by atoms with Crippen molar-refractivity contribution in [3.63, 3.8) is 0 Å². The zero-order valence-corrected chi connectivity index (χ0v) is 4.92. The highest BCUT2D eigenvalue weighted by molar-refractivity contribution is 4.98. The maximum Gasteiger partial charge on any atom is 0.118 e. The largest absolute Gasteiger partial charge is 0.493 e. The van der Waals surface area contributed by atoms with Gasteiger partial charge in [-0.1, -0.05) is 6.58 Å². The monoisotopic (exact) mass is 114 g/mol. The average molecular weight is 114 g/mol. The molecule has 1 N–H and O–H groups in total. The van der Waals surface area contributed by atoms with Gasteiger partial charge in [0.05, 0.1) is 6.10 Å². The molecule has 1 aliphatic rings. The standard InChI is InChI=1S/C6H10O2/c1-4-3-6(7)5(2)8-4/h4,6-7H,2-3H2,1H3/t4-,6-/m1/s1. The highest BCUT2D eigenvalue weighted by Crippen LogP contribution is 2.20. The van der Waals surface area contributed by atoms with Crippen LogP contribution in [0.1, 0.15) is 13.3 Å². The predicted octanol–water partition coefficient (Wildman–Crippen LogP) is 0.670. The number of rotatable bonds is 0. The molecule has 0 aromatic carbocycles. The highest BCUT2D eigenvalue weighted by Gasteiger charge is 2.23. The summed E-state index contributed by atoms with van der Waals surface area (Å²) in [5.74, 6) is 0.512. The van der Waals surface area contributed by atoms with Crippen molar-refractivity contribution in [1.82, 2.24) is 0 Å².